The highest BCUT2D eigenvalue weighted by molar-refractivity contribution is 5.91. The molecule has 0 atom stereocenters. The highest BCUT2D eigenvalue weighted by atomic mass is 16.5. The average Bonchev–Trinajstić information content (AvgIpc) is 2.68. The maximum Gasteiger partial charge on any atom is 0.343 e. The van der Waals surface area contributed by atoms with Gasteiger partial charge >= 0.3 is 5.97 Å². The third kappa shape index (κ3) is 6.79. The molecule has 0 amide bonds. The van der Waals surface area contributed by atoms with Crippen molar-refractivity contribution in [2.45, 2.75) is 45.4 Å². The Bertz CT molecular complexity index is 650. The number of nitrogens with one attached hydrogen (secondary N) is 1. The van der Waals surface area contributed by atoms with Crippen LogP contribution in [0.4, 0.5) is 5.69 Å². The van der Waals surface area contributed by atoms with Crippen LogP contribution in [0.5, 0.6) is 11.5 Å². The van der Waals surface area contributed by atoms with Gasteiger partial charge in [0.25, 0.3) is 0 Å². The number of esters is 1. The molecule has 0 radical (unpaired) electrons. The van der Waals surface area contributed by atoms with E-state index in [4.69, 9.17) is 9.47 Å². The molecule has 0 saturated heterocycles. The van der Waals surface area contributed by atoms with Gasteiger partial charge in [0.1, 0.15) is 11.5 Å². The third-order valence-corrected chi connectivity index (χ3v) is 4.21. The molecular formula is C22H29NO3. The zero-order chi connectivity index (χ0) is 18.6. The predicted octanol–water partition coefficient (Wildman–Crippen LogP) is 5.69. The second-order valence-corrected chi connectivity index (χ2v) is 6.30. The van der Waals surface area contributed by atoms with Crippen LogP contribution < -0.4 is 14.8 Å². The Morgan fingerprint density at radius 1 is 0.846 bits per heavy atom. The minimum atomic E-state index is -0.371. The van der Waals surface area contributed by atoms with Gasteiger partial charge in [-0.1, -0.05) is 39.0 Å². The summed E-state index contributed by atoms with van der Waals surface area (Å²) in [6.07, 6.45) is 7.44. The van der Waals surface area contributed by atoms with E-state index in [0.717, 1.165) is 17.9 Å². The first-order valence-corrected chi connectivity index (χ1v) is 9.46. The van der Waals surface area contributed by atoms with E-state index in [9.17, 15) is 4.79 Å². The number of rotatable bonds is 11. The Labute approximate surface area is 156 Å². The van der Waals surface area contributed by atoms with E-state index in [-0.39, 0.29) is 5.97 Å². The highest BCUT2D eigenvalue weighted by Gasteiger charge is 2.08. The molecule has 140 valence electrons. The monoisotopic (exact) mass is 355 g/mol. The zero-order valence-corrected chi connectivity index (χ0v) is 15.8. The molecule has 0 aliphatic carbocycles. The Hall–Kier alpha value is -2.49. The summed E-state index contributed by atoms with van der Waals surface area (Å²) in [6.45, 7) is 2.94. The molecule has 2 aromatic rings. The Balaban J connectivity index is 1.74. The van der Waals surface area contributed by atoms with Gasteiger partial charge in [0.05, 0.1) is 12.2 Å². The molecular weight excluding hydrogens is 326 g/mol. The van der Waals surface area contributed by atoms with E-state index in [1.54, 1.807) is 24.3 Å². The van der Waals surface area contributed by atoms with Crippen molar-refractivity contribution in [1.82, 2.24) is 0 Å². The van der Waals surface area contributed by atoms with Crippen LogP contribution in [0.3, 0.4) is 0 Å². The Morgan fingerprint density at radius 2 is 1.46 bits per heavy atom. The first kappa shape index (κ1) is 19.8. The van der Waals surface area contributed by atoms with Crippen molar-refractivity contribution in [2.24, 2.45) is 0 Å². The molecule has 2 rings (SSSR count). The Morgan fingerprint density at radius 3 is 2.12 bits per heavy atom. The minimum Gasteiger partial charge on any atom is -0.494 e. The highest BCUT2D eigenvalue weighted by Crippen LogP contribution is 2.18. The average molecular weight is 355 g/mol. The second-order valence-electron chi connectivity index (χ2n) is 6.30. The molecule has 1 N–H and O–H groups in total. The number of hydrogen-bond donors (Lipinski definition) is 1. The predicted molar refractivity (Wildman–Crippen MR) is 106 cm³/mol. The van der Waals surface area contributed by atoms with Gasteiger partial charge in [-0.25, -0.2) is 4.79 Å². The number of carbonyl (C=O) groups excluding carboxylic acids is 1. The van der Waals surface area contributed by atoms with Crippen molar-refractivity contribution in [3.8, 4) is 11.5 Å². The number of benzene rings is 2. The van der Waals surface area contributed by atoms with E-state index >= 15 is 0 Å². The minimum absolute atomic E-state index is 0.371. The van der Waals surface area contributed by atoms with E-state index in [1.807, 2.05) is 31.3 Å². The lowest BCUT2D eigenvalue weighted by molar-refractivity contribution is 0.0734. The lowest BCUT2D eigenvalue weighted by Gasteiger charge is -2.08. The lowest BCUT2D eigenvalue weighted by atomic mass is 10.1. The maximum absolute atomic E-state index is 12.2. The van der Waals surface area contributed by atoms with Crippen molar-refractivity contribution in [3.05, 3.63) is 54.1 Å². The summed E-state index contributed by atoms with van der Waals surface area (Å²) in [5, 5.41) is 3.02. The van der Waals surface area contributed by atoms with Gasteiger partial charge in [0.15, 0.2) is 0 Å². The third-order valence-electron chi connectivity index (χ3n) is 4.21. The standard InChI is InChI=1S/C22H29NO3/c1-3-4-5-6-7-8-17-25-20-13-9-18(10-14-20)22(24)26-21-15-11-19(23-2)12-16-21/h9-16,23H,3-8,17H2,1-2H3. The topological polar surface area (TPSA) is 47.6 Å². The van der Waals surface area contributed by atoms with Crippen LogP contribution >= 0.6 is 0 Å². The van der Waals surface area contributed by atoms with E-state index in [0.29, 0.717) is 17.9 Å². The molecule has 2 aromatic carbocycles. The van der Waals surface area contributed by atoms with Gasteiger partial charge in [-0.3, -0.25) is 0 Å². The molecule has 0 aliphatic heterocycles. The molecule has 0 heterocycles. The largest absolute Gasteiger partial charge is 0.494 e. The first-order chi connectivity index (χ1) is 12.7. The molecule has 0 saturated carbocycles. The fourth-order valence-corrected chi connectivity index (χ4v) is 2.62. The summed E-state index contributed by atoms with van der Waals surface area (Å²) in [5.74, 6) is 0.940. The molecule has 26 heavy (non-hydrogen) atoms. The number of hydrogen-bond acceptors (Lipinski definition) is 4. The van der Waals surface area contributed by atoms with Gasteiger partial charge in [-0.2, -0.15) is 0 Å². The van der Waals surface area contributed by atoms with Crippen molar-refractivity contribution in [2.75, 3.05) is 19.0 Å². The van der Waals surface area contributed by atoms with Crippen LogP contribution in [0, 0.1) is 0 Å². The van der Waals surface area contributed by atoms with Crippen LogP contribution in [0.25, 0.3) is 0 Å². The normalized spacial score (nSPS) is 10.4. The summed E-state index contributed by atoms with van der Waals surface area (Å²) in [4.78, 5) is 12.2. The number of carbonyl (C=O) groups is 1. The van der Waals surface area contributed by atoms with Gasteiger partial charge in [-0.05, 0) is 55.0 Å². The molecule has 0 unspecified atom stereocenters. The zero-order valence-electron chi connectivity index (χ0n) is 15.8. The van der Waals surface area contributed by atoms with Crippen LogP contribution in [0.2, 0.25) is 0 Å². The van der Waals surface area contributed by atoms with Crippen LogP contribution in [-0.2, 0) is 0 Å². The van der Waals surface area contributed by atoms with Gasteiger partial charge < -0.3 is 14.8 Å². The van der Waals surface area contributed by atoms with Crippen LogP contribution in [0.15, 0.2) is 48.5 Å². The number of ether oxygens (including phenoxy) is 2. The summed E-state index contributed by atoms with van der Waals surface area (Å²) in [7, 11) is 1.84. The van der Waals surface area contributed by atoms with Gasteiger partial charge in [-0.15, -0.1) is 0 Å². The van der Waals surface area contributed by atoms with Crippen LogP contribution in [0.1, 0.15) is 55.8 Å². The summed E-state index contributed by atoms with van der Waals surface area (Å²) in [5.41, 5.74) is 1.48. The summed E-state index contributed by atoms with van der Waals surface area (Å²) < 4.78 is 11.1. The van der Waals surface area contributed by atoms with E-state index in [1.165, 1.54) is 32.1 Å². The SMILES string of the molecule is CCCCCCCCOc1ccc(C(=O)Oc2ccc(NC)cc2)cc1. The maximum atomic E-state index is 12.2. The smallest absolute Gasteiger partial charge is 0.343 e. The van der Waals surface area contributed by atoms with E-state index < -0.39 is 0 Å². The van der Waals surface area contributed by atoms with Crippen molar-refractivity contribution >= 4 is 11.7 Å². The summed E-state index contributed by atoms with van der Waals surface area (Å²) in [6, 6.07) is 14.4. The molecule has 4 nitrogen and oxygen atoms in total. The van der Waals surface area contributed by atoms with Crippen molar-refractivity contribution < 1.29 is 14.3 Å². The fourth-order valence-electron chi connectivity index (χ4n) is 2.62. The molecule has 0 spiro atoms. The number of unbranched alkanes of at least 4 members (excludes halogenated alkanes) is 5. The van der Waals surface area contributed by atoms with Crippen molar-refractivity contribution in [3.63, 3.8) is 0 Å². The molecule has 0 aromatic heterocycles. The molecule has 4 heteroatoms. The Kier molecular flexibility index (Phi) is 8.53. The quantitative estimate of drug-likeness (QED) is 0.320. The first-order valence-electron chi connectivity index (χ1n) is 9.46. The van der Waals surface area contributed by atoms with E-state index in [2.05, 4.69) is 12.2 Å². The summed E-state index contributed by atoms with van der Waals surface area (Å²) >= 11 is 0. The van der Waals surface area contributed by atoms with Crippen LogP contribution in [-0.4, -0.2) is 19.6 Å². The lowest BCUT2D eigenvalue weighted by Crippen LogP contribution is -2.08. The molecule has 0 bridgehead atoms. The van der Waals surface area contributed by atoms with Gasteiger partial charge in [0, 0.05) is 12.7 Å². The fraction of sp³-hybridized carbons (Fsp3) is 0.409. The molecule has 0 fully saturated rings. The number of anilines is 1. The molecule has 0 aliphatic rings. The second kappa shape index (κ2) is 11.2. The van der Waals surface area contributed by atoms with Gasteiger partial charge in [0.2, 0.25) is 0 Å². The van der Waals surface area contributed by atoms with Crippen molar-refractivity contribution in [1.29, 1.82) is 0 Å².